The van der Waals surface area contributed by atoms with Gasteiger partial charge < -0.3 is 15.9 Å². The second-order valence-electron chi connectivity index (χ2n) is 2.94. The van der Waals surface area contributed by atoms with Crippen LogP contribution in [-0.4, -0.2) is 16.8 Å². The van der Waals surface area contributed by atoms with Gasteiger partial charge in [0.15, 0.2) is 0 Å². The van der Waals surface area contributed by atoms with Gasteiger partial charge in [0.1, 0.15) is 5.75 Å². The zero-order valence-electron chi connectivity index (χ0n) is 7.78. The lowest BCUT2D eigenvalue weighted by Gasteiger charge is -2.13. The zero-order chi connectivity index (χ0) is 10.7. The highest BCUT2D eigenvalue weighted by Crippen LogP contribution is 2.34. The van der Waals surface area contributed by atoms with Crippen LogP contribution in [0.25, 0.3) is 0 Å². The van der Waals surface area contributed by atoms with Gasteiger partial charge in [0, 0.05) is 22.7 Å². The highest BCUT2D eigenvalue weighted by molar-refractivity contribution is 9.10. The fourth-order valence-corrected chi connectivity index (χ4v) is 2.00. The summed E-state index contributed by atoms with van der Waals surface area (Å²) in [5, 5.41) is 18.6. The molecule has 4 N–H and O–H groups in total. The Balaban J connectivity index is 0.00000196. The summed E-state index contributed by atoms with van der Waals surface area (Å²) in [5.74, 6) is -0.0178. The van der Waals surface area contributed by atoms with E-state index in [9.17, 15) is 5.11 Å². The summed E-state index contributed by atoms with van der Waals surface area (Å²) in [6.45, 7) is -0.0231. The van der Waals surface area contributed by atoms with Crippen LogP contribution in [0.3, 0.4) is 0 Å². The van der Waals surface area contributed by atoms with Gasteiger partial charge in [-0.1, -0.05) is 27.5 Å². The third-order valence-electron chi connectivity index (χ3n) is 1.90. The molecule has 86 valence electrons. The number of halogens is 3. The molecule has 0 amide bonds. The van der Waals surface area contributed by atoms with Gasteiger partial charge in [-0.15, -0.1) is 12.4 Å². The normalized spacial score (nSPS) is 12.0. The summed E-state index contributed by atoms with van der Waals surface area (Å²) in [7, 11) is 0. The van der Waals surface area contributed by atoms with Crippen molar-refractivity contribution in [3.63, 3.8) is 0 Å². The first-order valence-electron chi connectivity index (χ1n) is 4.10. The first-order valence-corrected chi connectivity index (χ1v) is 5.27. The van der Waals surface area contributed by atoms with Crippen molar-refractivity contribution in [3.05, 3.63) is 27.2 Å². The second kappa shape index (κ2) is 6.55. The van der Waals surface area contributed by atoms with Crippen molar-refractivity contribution in [2.24, 2.45) is 5.73 Å². The summed E-state index contributed by atoms with van der Waals surface area (Å²) >= 11 is 9.02. The summed E-state index contributed by atoms with van der Waals surface area (Å²) in [4.78, 5) is 0. The van der Waals surface area contributed by atoms with Crippen LogP contribution in [0, 0.1) is 0 Å². The van der Waals surface area contributed by atoms with Crippen molar-refractivity contribution >= 4 is 39.9 Å². The van der Waals surface area contributed by atoms with Crippen LogP contribution in [-0.2, 0) is 0 Å². The standard InChI is InChI=1S/C9H11BrClNO2.ClH/c10-5-3-6(8(12)1-2-13)9(14)7(11)4-5;/h3-4,8,13-14H,1-2,12H2;1H/t8-;/m0./s1. The Bertz CT molecular complexity index is 336. The van der Waals surface area contributed by atoms with Gasteiger partial charge >= 0.3 is 0 Å². The summed E-state index contributed by atoms with van der Waals surface area (Å²) in [5.41, 5.74) is 6.28. The lowest BCUT2D eigenvalue weighted by Crippen LogP contribution is -2.12. The Morgan fingerprint density at radius 1 is 1.47 bits per heavy atom. The van der Waals surface area contributed by atoms with Crippen LogP contribution in [0.15, 0.2) is 16.6 Å². The van der Waals surface area contributed by atoms with Crippen LogP contribution < -0.4 is 5.73 Å². The number of phenolic OH excluding ortho intramolecular Hbond substituents is 1. The second-order valence-corrected chi connectivity index (χ2v) is 4.27. The summed E-state index contributed by atoms with van der Waals surface area (Å²) in [6.07, 6.45) is 0.389. The number of phenols is 1. The minimum atomic E-state index is -0.407. The predicted octanol–water partition coefficient (Wildman–Crippen LogP) is 2.61. The number of benzene rings is 1. The van der Waals surface area contributed by atoms with E-state index < -0.39 is 6.04 Å². The van der Waals surface area contributed by atoms with Gasteiger partial charge in [0.05, 0.1) is 5.02 Å². The molecule has 1 atom stereocenters. The zero-order valence-corrected chi connectivity index (χ0v) is 10.9. The Hall–Kier alpha value is -0.000000000000000111. The van der Waals surface area contributed by atoms with Crippen LogP contribution in [0.2, 0.25) is 5.02 Å². The van der Waals surface area contributed by atoms with E-state index in [0.29, 0.717) is 12.0 Å². The molecule has 3 nitrogen and oxygen atoms in total. The van der Waals surface area contributed by atoms with Crippen molar-refractivity contribution in [2.75, 3.05) is 6.61 Å². The van der Waals surface area contributed by atoms with Crippen LogP contribution in [0.4, 0.5) is 0 Å². The van der Waals surface area contributed by atoms with Crippen molar-refractivity contribution in [3.8, 4) is 5.75 Å². The Morgan fingerprint density at radius 2 is 2.07 bits per heavy atom. The maximum absolute atomic E-state index is 9.60. The van der Waals surface area contributed by atoms with Gasteiger partial charge in [0.2, 0.25) is 0 Å². The molecular formula is C9H12BrCl2NO2. The number of rotatable bonds is 3. The molecule has 6 heteroatoms. The van der Waals surface area contributed by atoms with Crippen LogP contribution >= 0.6 is 39.9 Å². The molecular weight excluding hydrogens is 305 g/mol. The minimum absolute atomic E-state index is 0. The van der Waals surface area contributed by atoms with Gasteiger partial charge in [-0.3, -0.25) is 0 Å². The SMILES string of the molecule is Cl.N[C@@H](CCO)c1cc(Br)cc(Cl)c1O. The third-order valence-corrected chi connectivity index (χ3v) is 2.64. The first-order chi connectivity index (χ1) is 6.56. The molecule has 0 saturated heterocycles. The van der Waals surface area contributed by atoms with E-state index in [4.69, 9.17) is 22.4 Å². The molecule has 15 heavy (non-hydrogen) atoms. The molecule has 0 unspecified atom stereocenters. The van der Waals surface area contributed by atoms with E-state index in [2.05, 4.69) is 15.9 Å². The average molecular weight is 317 g/mol. The topological polar surface area (TPSA) is 66.5 Å². The van der Waals surface area contributed by atoms with Crippen molar-refractivity contribution < 1.29 is 10.2 Å². The molecule has 0 aromatic heterocycles. The Kier molecular flexibility index (Phi) is 6.55. The van der Waals surface area contributed by atoms with Gasteiger partial charge in [-0.2, -0.15) is 0 Å². The lowest BCUT2D eigenvalue weighted by molar-refractivity contribution is 0.275. The number of aromatic hydroxyl groups is 1. The van der Waals surface area contributed by atoms with E-state index in [1.54, 1.807) is 12.1 Å². The van der Waals surface area contributed by atoms with Crippen molar-refractivity contribution in [1.29, 1.82) is 0 Å². The maximum Gasteiger partial charge on any atom is 0.139 e. The quantitative estimate of drug-likeness (QED) is 0.803. The van der Waals surface area contributed by atoms with Gasteiger partial charge in [-0.25, -0.2) is 0 Å². The molecule has 1 aromatic rings. The number of hydrogen-bond donors (Lipinski definition) is 3. The van der Waals surface area contributed by atoms with Gasteiger partial charge in [-0.05, 0) is 18.6 Å². The third kappa shape index (κ3) is 3.81. The Labute approximate surface area is 108 Å². The monoisotopic (exact) mass is 315 g/mol. The van der Waals surface area contributed by atoms with E-state index in [0.717, 1.165) is 4.47 Å². The molecule has 0 fully saturated rings. The van der Waals surface area contributed by atoms with Gasteiger partial charge in [0.25, 0.3) is 0 Å². The number of aliphatic hydroxyl groups is 1. The fourth-order valence-electron chi connectivity index (χ4n) is 1.16. The van der Waals surface area contributed by atoms with E-state index in [1.165, 1.54) is 0 Å². The van der Waals surface area contributed by atoms with Crippen molar-refractivity contribution in [1.82, 2.24) is 0 Å². The highest BCUT2D eigenvalue weighted by atomic mass is 79.9. The molecule has 1 aromatic carbocycles. The number of hydrogen-bond acceptors (Lipinski definition) is 3. The molecule has 1 rings (SSSR count). The van der Waals surface area contributed by atoms with Crippen LogP contribution in [0.1, 0.15) is 18.0 Å². The molecule has 0 heterocycles. The smallest absolute Gasteiger partial charge is 0.139 e. The summed E-state index contributed by atoms with van der Waals surface area (Å²) in [6, 6.07) is 2.88. The largest absolute Gasteiger partial charge is 0.506 e. The molecule has 0 aliphatic rings. The van der Waals surface area contributed by atoms with E-state index in [1.807, 2.05) is 0 Å². The molecule has 0 spiro atoms. The van der Waals surface area contributed by atoms with E-state index in [-0.39, 0.29) is 29.8 Å². The predicted molar refractivity (Wildman–Crippen MR) is 66.7 cm³/mol. The van der Waals surface area contributed by atoms with E-state index >= 15 is 0 Å². The fraction of sp³-hybridized carbons (Fsp3) is 0.333. The lowest BCUT2D eigenvalue weighted by atomic mass is 10.0. The van der Waals surface area contributed by atoms with Crippen LogP contribution in [0.5, 0.6) is 5.75 Å². The molecule has 0 aliphatic carbocycles. The number of nitrogens with two attached hydrogens (primary N) is 1. The first kappa shape index (κ1) is 15.0. The highest BCUT2D eigenvalue weighted by Gasteiger charge is 2.13. The molecule has 0 aliphatic heterocycles. The molecule has 0 radical (unpaired) electrons. The average Bonchev–Trinajstić information content (AvgIpc) is 2.11. The minimum Gasteiger partial charge on any atom is -0.506 e. The molecule has 0 bridgehead atoms. The number of aliphatic hydroxyl groups excluding tert-OH is 1. The maximum atomic E-state index is 9.60. The van der Waals surface area contributed by atoms with Crippen molar-refractivity contribution in [2.45, 2.75) is 12.5 Å². The summed E-state index contributed by atoms with van der Waals surface area (Å²) < 4.78 is 0.753. The Morgan fingerprint density at radius 3 is 2.60 bits per heavy atom. The molecule has 0 saturated carbocycles.